The Balaban J connectivity index is 1.77. The van der Waals surface area contributed by atoms with Crippen molar-refractivity contribution in [3.8, 4) is 0 Å². The minimum absolute atomic E-state index is 0.0450. The van der Waals surface area contributed by atoms with E-state index in [0.717, 1.165) is 0 Å². The second-order valence-electron chi connectivity index (χ2n) is 17.3. The van der Waals surface area contributed by atoms with E-state index in [4.69, 9.17) is 0 Å². The number of aromatic nitrogens is 2. The third kappa shape index (κ3) is 3.83. The van der Waals surface area contributed by atoms with Gasteiger partial charge in [-0.15, -0.1) is 22.7 Å². The van der Waals surface area contributed by atoms with E-state index < -0.39 is 0 Å². The summed E-state index contributed by atoms with van der Waals surface area (Å²) in [5, 5.41) is 5.48. The Hall–Kier alpha value is -3.08. The van der Waals surface area contributed by atoms with Gasteiger partial charge in [-0.2, -0.15) is 0 Å². The third-order valence-electron chi connectivity index (χ3n) is 9.83. The van der Waals surface area contributed by atoms with Gasteiger partial charge in [-0.25, -0.2) is 9.03 Å². The summed E-state index contributed by atoms with van der Waals surface area (Å²) in [6.07, 6.45) is 0. The molecule has 0 aliphatic carbocycles. The molecule has 4 heteroatoms. The number of benzene rings is 4. The highest BCUT2D eigenvalue weighted by molar-refractivity contribution is 7.25. The Bertz CT molecular complexity index is 2120. The average Bonchev–Trinajstić information content (AvgIpc) is 2.90. The van der Waals surface area contributed by atoms with Gasteiger partial charge in [-0.1, -0.05) is 83.1 Å². The van der Waals surface area contributed by atoms with Gasteiger partial charge in [0.2, 0.25) is 0 Å². The van der Waals surface area contributed by atoms with Crippen LogP contribution in [-0.2, 0) is 21.7 Å². The van der Waals surface area contributed by atoms with Gasteiger partial charge in [0.05, 0.1) is 40.9 Å². The fourth-order valence-electron chi connectivity index (χ4n) is 7.03. The zero-order chi connectivity index (χ0) is 31.5. The standard InChI is InChI=1S/C40H44N2S2/c1-37(2,3)21-13-25-26-14-22(38(4,5)6)19-31-34(26)42-36-28(16-24(40(10,11)12)20-32(36)44-31)27-15-23(39(7,8)9)18-30-35(27)41(42)33(25)29(17-21)43-30/h13-20H,1-12H3. The summed E-state index contributed by atoms with van der Waals surface area (Å²) in [4.78, 5) is 0. The Labute approximate surface area is 268 Å². The topological polar surface area (TPSA) is 8.82 Å². The molecule has 0 spiro atoms. The molecule has 0 amide bonds. The zero-order valence-electron chi connectivity index (χ0n) is 28.3. The van der Waals surface area contributed by atoms with Crippen molar-refractivity contribution in [3.63, 3.8) is 0 Å². The summed E-state index contributed by atoms with van der Waals surface area (Å²) >= 11 is 3.95. The number of fused-ring (bicyclic) bond motifs is 2. The first kappa shape index (κ1) is 28.4. The van der Waals surface area contributed by atoms with E-state index >= 15 is 0 Å². The molecular weight excluding hydrogens is 573 g/mol. The molecule has 0 fully saturated rings. The van der Waals surface area contributed by atoms with Crippen LogP contribution in [0, 0.1) is 0 Å². The molecule has 0 saturated heterocycles. The van der Waals surface area contributed by atoms with E-state index in [2.05, 4.69) is 141 Å². The van der Waals surface area contributed by atoms with Crippen molar-refractivity contribution in [2.75, 3.05) is 0 Å². The van der Waals surface area contributed by atoms with Crippen LogP contribution in [0.15, 0.2) is 48.5 Å². The SMILES string of the molecule is CC(C)(C)c1cc2sc3cc(C(C)(C)C)cc4c5cc(C(C)(C)C)cc6sc7cc(C(C)(C)C)cc8c(c1)c2n(c34)n(c78)c65. The second-order valence-corrected chi connectivity index (χ2v) is 19.5. The fourth-order valence-corrected chi connectivity index (χ4v) is 9.42. The van der Waals surface area contributed by atoms with Crippen molar-refractivity contribution in [1.29, 1.82) is 0 Å². The number of hydrogen-bond acceptors (Lipinski definition) is 2. The lowest BCUT2D eigenvalue weighted by Gasteiger charge is -2.30. The van der Waals surface area contributed by atoms with Crippen molar-refractivity contribution < 1.29 is 0 Å². The summed E-state index contributed by atoms with van der Waals surface area (Å²) in [6.45, 7) is 28.2. The highest BCUT2D eigenvalue weighted by Crippen LogP contribution is 2.48. The van der Waals surface area contributed by atoms with E-state index in [1.807, 2.05) is 22.7 Å². The van der Waals surface area contributed by atoms with E-state index in [1.54, 1.807) is 0 Å². The molecule has 0 N–H and O–H groups in total. The quantitative estimate of drug-likeness (QED) is 0.118. The van der Waals surface area contributed by atoms with Gasteiger partial charge in [0, 0.05) is 21.5 Å². The molecule has 4 aromatic carbocycles. The van der Waals surface area contributed by atoms with Crippen molar-refractivity contribution in [2.24, 2.45) is 0 Å². The maximum Gasteiger partial charge on any atom is 0.0889 e. The predicted octanol–water partition coefficient (Wildman–Crippen LogP) is 12.7. The largest absolute Gasteiger partial charge is 0.245 e. The van der Waals surface area contributed by atoms with Gasteiger partial charge in [0.1, 0.15) is 0 Å². The Morgan fingerprint density at radius 3 is 0.727 bits per heavy atom. The molecule has 226 valence electrons. The van der Waals surface area contributed by atoms with Crippen LogP contribution in [0.25, 0.3) is 62.4 Å². The molecule has 0 unspecified atom stereocenters. The lowest BCUT2D eigenvalue weighted by molar-refractivity contribution is 0.590. The van der Waals surface area contributed by atoms with Gasteiger partial charge in [-0.3, -0.25) is 0 Å². The third-order valence-corrected chi connectivity index (χ3v) is 12.0. The molecule has 0 saturated carbocycles. The maximum absolute atomic E-state index is 2.61. The highest BCUT2D eigenvalue weighted by Gasteiger charge is 2.28. The molecule has 0 aliphatic rings. The van der Waals surface area contributed by atoms with Crippen molar-refractivity contribution in [2.45, 2.75) is 105 Å². The number of rotatable bonds is 0. The lowest BCUT2D eigenvalue weighted by Crippen LogP contribution is -2.17. The van der Waals surface area contributed by atoms with Crippen LogP contribution in [0.1, 0.15) is 105 Å². The minimum Gasteiger partial charge on any atom is -0.245 e. The van der Waals surface area contributed by atoms with Crippen LogP contribution in [0.2, 0.25) is 0 Å². The van der Waals surface area contributed by atoms with Gasteiger partial charge < -0.3 is 0 Å². The molecule has 0 aliphatic heterocycles. The Morgan fingerprint density at radius 1 is 0.341 bits per heavy atom. The van der Waals surface area contributed by atoms with E-state index in [-0.39, 0.29) is 21.7 Å². The van der Waals surface area contributed by atoms with Crippen LogP contribution in [0.3, 0.4) is 0 Å². The molecule has 4 heterocycles. The normalized spacial score (nSPS) is 14.4. The number of nitrogens with zero attached hydrogens (tertiary/aromatic N) is 2. The van der Waals surface area contributed by atoms with Crippen LogP contribution < -0.4 is 0 Å². The fraction of sp³-hybridized carbons (Fsp3) is 0.400. The maximum atomic E-state index is 2.61. The van der Waals surface area contributed by atoms with Crippen molar-refractivity contribution in [3.05, 3.63) is 70.8 Å². The molecule has 8 aromatic rings. The summed E-state index contributed by atoms with van der Waals surface area (Å²) in [5.74, 6) is 0. The van der Waals surface area contributed by atoms with Gasteiger partial charge in [0.25, 0.3) is 0 Å². The monoisotopic (exact) mass is 616 g/mol. The molecule has 4 aromatic heterocycles. The van der Waals surface area contributed by atoms with Crippen molar-refractivity contribution in [1.82, 2.24) is 9.03 Å². The Kier molecular flexibility index (Phi) is 5.41. The molecule has 0 radical (unpaired) electrons. The first-order chi connectivity index (χ1) is 20.3. The van der Waals surface area contributed by atoms with Gasteiger partial charge >= 0.3 is 0 Å². The summed E-state index contributed by atoms with van der Waals surface area (Å²) in [5.41, 5.74) is 11.1. The molecule has 44 heavy (non-hydrogen) atoms. The predicted molar refractivity (Wildman–Crippen MR) is 198 cm³/mol. The highest BCUT2D eigenvalue weighted by atomic mass is 32.1. The van der Waals surface area contributed by atoms with E-state index in [9.17, 15) is 0 Å². The Morgan fingerprint density at radius 2 is 0.545 bits per heavy atom. The smallest absolute Gasteiger partial charge is 0.0889 e. The lowest BCUT2D eigenvalue weighted by atomic mass is 9.83. The first-order valence-electron chi connectivity index (χ1n) is 16.0. The van der Waals surface area contributed by atoms with Gasteiger partial charge in [0.15, 0.2) is 0 Å². The molecule has 0 atom stereocenters. The average molecular weight is 617 g/mol. The van der Waals surface area contributed by atoms with Crippen molar-refractivity contribution >= 4 is 85.1 Å². The summed E-state index contributed by atoms with van der Waals surface area (Å²) in [6, 6.07) is 19.9. The number of hydrogen-bond donors (Lipinski definition) is 0. The molecule has 0 bridgehead atoms. The minimum atomic E-state index is 0.0450. The van der Waals surface area contributed by atoms with Gasteiger partial charge in [-0.05, 0) is 92.4 Å². The molecule has 2 nitrogen and oxygen atoms in total. The molecule has 8 rings (SSSR count). The van der Waals surface area contributed by atoms with Crippen LogP contribution >= 0.6 is 22.7 Å². The summed E-state index contributed by atoms with van der Waals surface area (Å²) < 4.78 is 10.7. The zero-order valence-corrected chi connectivity index (χ0v) is 30.0. The van der Waals surface area contributed by atoms with Crippen LogP contribution in [0.4, 0.5) is 0 Å². The first-order valence-corrected chi connectivity index (χ1v) is 17.7. The van der Waals surface area contributed by atoms with E-state index in [0.29, 0.717) is 0 Å². The summed E-state index contributed by atoms with van der Waals surface area (Å²) in [7, 11) is 0. The van der Waals surface area contributed by atoms with Crippen LogP contribution in [0.5, 0.6) is 0 Å². The second kappa shape index (κ2) is 8.39. The van der Waals surface area contributed by atoms with Crippen LogP contribution in [-0.4, -0.2) is 9.03 Å². The van der Waals surface area contributed by atoms with E-state index in [1.165, 1.54) is 84.7 Å². The molecular formula is C40H44N2S2.